The van der Waals surface area contributed by atoms with Crippen molar-refractivity contribution < 1.29 is 18.3 Å². The lowest BCUT2D eigenvalue weighted by Crippen LogP contribution is -2.28. The molecule has 146 valence electrons. The summed E-state index contributed by atoms with van der Waals surface area (Å²) in [7, 11) is 1.65. The molecule has 2 aromatic rings. The zero-order valence-corrected chi connectivity index (χ0v) is 16.1. The van der Waals surface area contributed by atoms with Gasteiger partial charge in [0.25, 0.3) is 5.56 Å². The van der Waals surface area contributed by atoms with Crippen molar-refractivity contribution in [3.63, 3.8) is 0 Å². The lowest BCUT2D eigenvalue weighted by Gasteiger charge is -2.19. The van der Waals surface area contributed by atoms with Crippen LogP contribution in [0.4, 0.5) is 8.78 Å². The number of alkyl halides is 2. The molecule has 0 N–H and O–H groups in total. The van der Waals surface area contributed by atoms with Gasteiger partial charge in [-0.3, -0.25) is 9.59 Å². The second kappa shape index (κ2) is 9.50. The van der Waals surface area contributed by atoms with Crippen molar-refractivity contribution in [3.8, 4) is 5.75 Å². The van der Waals surface area contributed by atoms with Gasteiger partial charge in [-0.05, 0) is 31.5 Å². The molecule has 0 aliphatic rings. The second-order valence-electron chi connectivity index (χ2n) is 6.11. The van der Waals surface area contributed by atoms with Gasteiger partial charge in [0, 0.05) is 31.9 Å². The molecule has 0 radical (unpaired) electrons. The average Bonchev–Trinajstić information content (AvgIpc) is 2.60. The summed E-state index contributed by atoms with van der Waals surface area (Å²) in [6.45, 7) is 1.39. The van der Waals surface area contributed by atoms with Crippen LogP contribution in [0.1, 0.15) is 25.5 Å². The second-order valence-corrected chi connectivity index (χ2v) is 7.05. The van der Waals surface area contributed by atoms with Gasteiger partial charge in [-0.2, -0.15) is 13.8 Å². The maximum Gasteiger partial charge on any atom is 0.387 e. The fourth-order valence-corrected chi connectivity index (χ4v) is 3.32. The van der Waals surface area contributed by atoms with E-state index in [-0.39, 0.29) is 29.0 Å². The molecule has 0 atom stereocenters. The summed E-state index contributed by atoms with van der Waals surface area (Å²) < 4.78 is 30.5. The van der Waals surface area contributed by atoms with Crippen LogP contribution in [0.15, 0.2) is 46.5 Å². The van der Waals surface area contributed by atoms with Gasteiger partial charge in [0.1, 0.15) is 5.75 Å². The first-order valence-electron chi connectivity index (χ1n) is 8.26. The molecule has 0 aliphatic heterocycles. The number of rotatable bonds is 8. The van der Waals surface area contributed by atoms with Crippen LogP contribution >= 0.6 is 11.8 Å². The highest BCUT2D eigenvalue weighted by Crippen LogP contribution is 2.19. The Morgan fingerprint density at radius 2 is 1.93 bits per heavy atom. The third-order valence-electron chi connectivity index (χ3n) is 3.68. The monoisotopic (exact) mass is 397 g/mol. The number of halogens is 2. The van der Waals surface area contributed by atoms with Gasteiger partial charge in [0.15, 0.2) is 5.16 Å². The molecule has 6 nitrogen and oxygen atoms in total. The fourth-order valence-electron chi connectivity index (χ4n) is 2.27. The highest BCUT2D eigenvalue weighted by atomic mass is 32.2. The summed E-state index contributed by atoms with van der Waals surface area (Å²) in [4.78, 5) is 29.3. The molecule has 9 heteroatoms. The molecule has 0 saturated carbocycles. The molecule has 1 amide bonds. The molecule has 1 aromatic carbocycles. The number of carbonyl (C=O) groups excluding carboxylic acids is 1. The average molecular weight is 397 g/mol. The zero-order chi connectivity index (χ0) is 20.0. The highest BCUT2D eigenvalue weighted by Gasteiger charge is 2.14. The van der Waals surface area contributed by atoms with Crippen LogP contribution in [0.3, 0.4) is 0 Å². The quantitative estimate of drug-likeness (QED) is 0.506. The lowest BCUT2D eigenvalue weighted by atomic mass is 10.2. The molecule has 0 aliphatic carbocycles. The molecule has 1 aromatic heterocycles. The Bertz CT molecular complexity index is 825. The van der Waals surface area contributed by atoms with E-state index in [0.717, 1.165) is 5.56 Å². The van der Waals surface area contributed by atoms with Gasteiger partial charge in [0.2, 0.25) is 5.91 Å². The van der Waals surface area contributed by atoms with Crippen molar-refractivity contribution in [1.29, 1.82) is 0 Å². The summed E-state index contributed by atoms with van der Waals surface area (Å²) in [6.07, 6.45) is 1.67. The first-order valence-corrected chi connectivity index (χ1v) is 9.24. The van der Waals surface area contributed by atoms with E-state index in [4.69, 9.17) is 0 Å². The predicted octanol–water partition coefficient (Wildman–Crippen LogP) is 3.18. The molecule has 0 fully saturated rings. The Hall–Kier alpha value is -2.42. The van der Waals surface area contributed by atoms with E-state index in [1.54, 1.807) is 25.4 Å². The maximum atomic E-state index is 12.4. The molecule has 0 bridgehead atoms. The number of amides is 1. The maximum absolute atomic E-state index is 12.4. The van der Waals surface area contributed by atoms with Gasteiger partial charge in [-0.15, -0.1) is 0 Å². The number of benzene rings is 1. The van der Waals surface area contributed by atoms with Crippen molar-refractivity contribution in [2.24, 2.45) is 0 Å². The Labute approximate surface area is 160 Å². The molecule has 1 heterocycles. The number of nitrogens with zero attached hydrogens (tertiary/aromatic N) is 3. The van der Waals surface area contributed by atoms with E-state index in [1.807, 2.05) is 18.4 Å². The minimum atomic E-state index is -2.87. The van der Waals surface area contributed by atoms with Crippen LogP contribution in [-0.2, 0) is 11.3 Å². The summed E-state index contributed by atoms with van der Waals surface area (Å²) in [5, 5.41) is 0.493. The van der Waals surface area contributed by atoms with Crippen LogP contribution in [-0.4, -0.2) is 39.8 Å². The van der Waals surface area contributed by atoms with Gasteiger partial charge < -0.3 is 14.2 Å². The molecule has 0 spiro atoms. The van der Waals surface area contributed by atoms with Crippen LogP contribution in [0.25, 0.3) is 0 Å². The number of hydrogen-bond acceptors (Lipinski definition) is 5. The van der Waals surface area contributed by atoms with Crippen molar-refractivity contribution >= 4 is 17.7 Å². The van der Waals surface area contributed by atoms with Gasteiger partial charge >= 0.3 is 6.61 Å². The molecular weight excluding hydrogens is 376 g/mol. The Balaban J connectivity index is 1.94. The van der Waals surface area contributed by atoms with Crippen molar-refractivity contribution in [1.82, 2.24) is 14.5 Å². The minimum absolute atomic E-state index is 0.0695. The van der Waals surface area contributed by atoms with Crippen molar-refractivity contribution in [3.05, 3.63) is 52.4 Å². The van der Waals surface area contributed by atoms with E-state index < -0.39 is 6.61 Å². The Morgan fingerprint density at radius 3 is 2.52 bits per heavy atom. The van der Waals surface area contributed by atoms with E-state index in [2.05, 4.69) is 9.72 Å². The number of aromatic nitrogens is 2. The van der Waals surface area contributed by atoms with Crippen LogP contribution in [0, 0.1) is 0 Å². The lowest BCUT2D eigenvalue weighted by molar-refractivity contribution is -0.127. The third kappa shape index (κ3) is 6.35. The largest absolute Gasteiger partial charge is 0.435 e. The smallest absolute Gasteiger partial charge is 0.387 e. The van der Waals surface area contributed by atoms with E-state index in [9.17, 15) is 18.4 Å². The first kappa shape index (κ1) is 20.9. The normalized spacial score (nSPS) is 11.1. The van der Waals surface area contributed by atoms with E-state index in [1.165, 1.54) is 34.9 Å². The molecule has 27 heavy (non-hydrogen) atoms. The summed E-state index contributed by atoms with van der Waals surface area (Å²) in [5.41, 5.74) is 0.440. The number of hydrogen-bond donors (Lipinski definition) is 0. The number of thioether (sulfide) groups is 1. The molecule has 0 saturated heterocycles. The van der Waals surface area contributed by atoms with Crippen molar-refractivity contribution in [2.75, 3.05) is 12.8 Å². The van der Waals surface area contributed by atoms with Crippen LogP contribution < -0.4 is 10.3 Å². The summed E-state index contributed by atoms with van der Waals surface area (Å²) in [6, 6.07) is 7.63. The molecular formula is C18H21F2N3O3S. The number of carbonyl (C=O) groups is 1. The first-order chi connectivity index (χ1) is 12.8. The van der Waals surface area contributed by atoms with Crippen molar-refractivity contribution in [2.45, 2.75) is 38.2 Å². The summed E-state index contributed by atoms with van der Waals surface area (Å²) in [5.74, 6) is 0.0631. The van der Waals surface area contributed by atoms with Gasteiger partial charge in [-0.25, -0.2) is 0 Å². The van der Waals surface area contributed by atoms with E-state index in [0.29, 0.717) is 11.7 Å². The van der Waals surface area contributed by atoms with Gasteiger partial charge in [0.05, 0.1) is 5.75 Å². The fraction of sp³-hybridized carbons (Fsp3) is 0.389. The topological polar surface area (TPSA) is 64.4 Å². The van der Waals surface area contributed by atoms with E-state index >= 15 is 0 Å². The minimum Gasteiger partial charge on any atom is -0.435 e. The molecule has 2 rings (SSSR count). The number of ether oxygens (including phenoxy) is 1. The molecule has 0 unspecified atom stereocenters. The summed E-state index contributed by atoms with van der Waals surface area (Å²) >= 11 is 1.20. The van der Waals surface area contributed by atoms with Crippen LogP contribution in [0.2, 0.25) is 0 Å². The van der Waals surface area contributed by atoms with Crippen LogP contribution in [0.5, 0.6) is 5.75 Å². The Morgan fingerprint density at radius 1 is 1.26 bits per heavy atom. The predicted molar refractivity (Wildman–Crippen MR) is 99.2 cm³/mol. The standard InChI is InChI=1S/C18H21F2N3O3S/c1-12(2)23-9-8-15(24)21-18(23)27-11-16(25)22(3)10-13-4-6-14(7-5-13)26-17(19)20/h4-9,12,17H,10-11H2,1-3H3. The van der Waals surface area contributed by atoms with Gasteiger partial charge in [-0.1, -0.05) is 23.9 Å². The SMILES string of the molecule is CC(C)n1ccc(=O)nc1SCC(=O)N(C)Cc1ccc(OC(F)F)cc1. The Kier molecular flexibility index (Phi) is 7.35. The zero-order valence-electron chi connectivity index (χ0n) is 15.3. The highest BCUT2D eigenvalue weighted by molar-refractivity contribution is 7.99. The third-order valence-corrected chi connectivity index (χ3v) is 4.63.